The predicted molar refractivity (Wildman–Crippen MR) is 113 cm³/mol. The number of anilines is 1. The maximum atomic E-state index is 12.2. The van der Waals surface area contributed by atoms with Crippen molar-refractivity contribution in [2.45, 2.75) is 71.6 Å². The lowest BCUT2D eigenvalue weighted by Gasteiger charge is -2.39. The van der Waals surface area contributed by atoms with E-state index in [-0.39, 0.29) is 6.09 Å². The average Bonchev–Trinajstić information content (AvgIpc) is 2.67. The van der Waals surface area contributed by atoms with Crippen molar-refractivity contribution in [1.82, 2.24) is 14.8 Å². The van der Waals surface area contributed by atoms with Crippen molar-refractivity contribution in [3.05, 3.63) is 23.9 Å². The summed E-state index contributed by atoms with van der Waals surface area (Å²) in [5.41, 5.74) is 0.874. The Morgan fingerprint density at radius 2 is 1.82 bits per heavy atom. The molecule has 1 amide bonds. The van der Waals surface area contributed by atoms with Crippen molar-refractivity contribution in [1.29, 1.82) is 0 Å². The Labute approximate surface area is 169 Å². The zero-order valence-corrected chi connectivity index (χ0v) is 18.1. The molecule has 1 aromatic rings. The maximum absolute atomic E-state index is 12.2. The molecule has 0 radical (unpaired) electrons. The molecule has 28 heavy (non-hydrogen) atoms. The molecule has 2 fully saturated rings. The Hall–Kier alpha value is -1.82. The molecule has 2 aliphatic heterocycles. The van der Waals surface area contributed by atoms with Crippen LogP contribution in [0.5, 0.6) is 0 Å². The first-order valence-corrected chi connectivity index (χ1v) is 10.7. The van der Waals surface area contributed by atoms with Crippen molar-refractivity contribution in [2.24, 2.45) is 0 Å². The van der Waals surface area contributed by atoms with Crippen molar-refractivity contribution in [3.63, 3.8) is 0 Å². The van der Waals surface area contributed by atoms with E-state index in [4.69, 9.17) is 9.72 Å². The fraction of sp³-hybridized carbons (Fsp3) is 0.727. The Balaban J connectivity index is 1.58. The van der Waals surface area contributed by atoms with Gasteiger partial charge in [0.2, 0.25) is 0 Å². The zero-order chi connectivity index (χ0) is 20.3. The molecule has 0 N–H and O–H groups in total. The molecular formula is C22H36N4O2. The molecule has 0 saturated carbocycles. The highest BCUT2D eigenvalue weighted by molar-refractivity contribution is 5.68. The van der Waals surface area contributed by atoms with Crippen LogP contribution in [0.1, 0.15) is 65.5 Å². The van der Waals surface area contributed by atoms with Gasteiger partial charge in [0, 0.05) is 44.5 Å². The summed E-state index contributed by atoms with van der Waals surface area (Å²) in [6.45, 7) is 14.4. The van der Waals surface area contributed by atoms with E-state index in [1.54, 1.807) is 4.90 Å². The first-order valence-electron chi connectivity index (χ1n) is 10.7. The minimum atomic E-state index is -0.450. The van der Waals surface area contributed by atoms with Crippen LogP contribution in [0, 0.1) is 0 Å². The quantitative estimate of drug-likeness (QED) is 0.781. The van der Waals surface area contributed by atoms with E-state index in [0.29, 0.717) is 25.2 Å². The summed E-state index contributed by atoms with van der Waals surface area (Å²) in [6.07, 6.45) is 5.64. The maximum Gasteiger partial charge on any atom is 0.410 e. The third-order valence-electron chi connectivity index (χ3n) is 5.62. The van der Waals surface area contributed by atoms with E-state index >= 15 is 0 Å². The number of ether oxygens (including phenoxy) is 1. The van der Waals surface area contributed by atoms with E-state index in [1.807, 2.05) is 20.8 Å². The van der Waals surface area contributed by atoms with Crippen LogP contribution < -0.4 is 4.90 Å². The number of rotatable bonds is 3. The van der Waals surface area contributed by atoms with Crippen LogP contribution in [0.15, 0.2) is 18.3 Å². The van der Waals surface area contributed by atoms with Crippen LogP contribution in [0.3, 0.4) is 0 Å². The minimum Gasteiger partial charge on any atom is -0.444 e. The van der Waals surface area contributed by atoms with Gasteiger partial charge in [-0.3, -0.25) is 4.90 Å². The van der Waals surface area contributed by atoms with Crippen LogP contribution in [-0.2, 0) is 4.74 Å². The van der Waals surface area contributed by atoms with Crippen molar-refractivity contribution < 1.29 is 9.53 Å². The van der Waals surface area contributed by atoms with Gasteiger partial charge in [0.1, 0.15) is 11.4 Å². The fourth-order valence-corrected chi connectivity index (χ4v) is 4.16. The van der Waals surface area contributed by atoms with Crippen LogP contribution in [0.4, 0.5) is 10.6 Å². The van der Waals surface area contributed by atoms with Gasteiger partial charge in [0.25, 0.3) is 0 Å². The van der Waals surface area contributed by atoms with Gasteiger partial charge in [-0.1, -0.05) is 12.5 Å². The number of hydrogen-bond acceptors (Lipinski definition) is 5. The second kappa shape index (κ2) is 8.68. The van der Waals surface area contributed by atoms with Gasteiger partial charge < -0.3 is 14.5 Å². The molecule has 156 valence electrons. The SMILES string of the molecule is CC(C)N1CCCC[C@@H]1c1ccc(N2CCN(C(=O)OC(C)(C)C)CC2)nc1. The molecule has 0 unspecified atom stereocenters. The standard InChI is InChI=1S/C22H36N4O2/c1-17(2)26-11-7-6-8-19(26)18-9-10-20(23-16-18)24-12-14-25(15-13-24)21(27)28-22(3,4)5/h9-10,16-17,19H,6-8,11-15H2,1-5H3/t19-/m1/s1. The number of aromatic nitrogens is 1. The van der Waals surface area contributed by atoms with Gasteiger partial charge in [-0.2, -0.15) is 0 Å². The lowest BCUT2D eigenvalue weighted by Crippen LogP contribution is -2.50. The molecule has 0 bridgehead atoms. The molecular weight excluding hydrogens is 352 g/mol. The number of carbonyl (C=O) groups is 1. The van der Waals surface area contributed by atoms with E-state index in [1.165, 1.54) is 31.4 Å². The van der Waals surface area contributed by atoms with E-state index in [2.05, 4.69) is 42.0 Å². The highest BCUT2D eigenvalue weighted by atomic mass is 16.6. The first-order chi connectivity index (χ1) is 13.2. The molecule has 1 aromatic heterocycles. The monoisotopic (exact) mass is 388 g/mol. The third-order valence-corrected chi connectivity index (χ3v) is 5.62. The number of amides is 1. The Bertz CT molecular complexity index is 645. The molecule has 6 nitrogen and oxygen atoms in total. The Morgan fingerprint density at radius 3 is 2.39 bits per heavy atom. The van der Waals surface area contributed by atoms with Gasteiger partial charge >= 0.3 is 6.09 Å². The molecule has 6 heteroatoms. The van der Waals surface area contributed by atoms with Crippen LogP contribution in [0.25, 0.3) is 0 Å². The smallest absolute Gasteiger partial charge is 0.410 e. The van der Waals surface area contributed by atoms with Crippen LogP contribution in [-0.4, -0.2) is 65.2 Å². The number of carbonyl (C=O) groups excluding carboxylic acids is 1. The van der Waals surface area contributed by atoms with Crippen molar-refractivity contribution in [2.75, 3.05) is 37.6 Å². The summed E-state index contributed by atoms with van der Waals surface area (Å²) in [4.78, 5) is 23.6. The first kappa shape index (κ1) is 20.9. The largest absolute Gasteiger partial charge is 0.444 e. The topological polar surface area (TPSA) is 48.9 Å². The van der Waals surface area contributed by atoms with Gasteiger partial charge in [-0.15, -0.1) is 0 Å². The van der Waals surface area contributed by atoms with Crippen LogP contribution >= 0.6 is 0 Å². The summed E-state index contributed by atoms with van der Waals surface area (Å²) in [5.74, 6) is 1.000. The molecule has 2 saturated heterocycles. The summed E-state index contributed by atoms with van der Waals surface area (Å²) in [7, 11) is 0. The minimum absolute atomic E-state index is 0.221. The van der Waals surface area contributed by atoms with Gasteiger partial charge in [-0.25, -0.2) is 9.78 Å². The summed E-state index contributed by atoms with van der Waals surface area (Å²) in [5, 5.41) is 0. The highest BCUT2D eigenvalue weighted by Gasteiger charge is 2.28. The van der Waals surface area contributed by atoms with Gasteiger partial charge in [0.05, 0.1) is 0 Å². The second-order valence-electron chi connectivity index (χ2n) is 9.25. The lowest BCUT2D eigenvalue weighted by molar-refractivity contribution is 0.0240. The summed E-state index contributed by atoms with van der Waals surface area (Å²) < 4.78 is 5.48. The number of pyridine rings is 1. The molecule has 2 aliphatic rings. The Kier molecular flexibility index (Phi) is 6.48. The van der Waals surface area contributed by atoms with Gasteiger partial charge in [-0.05, 0) is 65.6 Å². The molecule has 0 aliphatic carbocycles. The van der Waals surface area contributed by atoms with Crippen molar-refractivity contribution >= 4 is 11.9 Å². The molecule has 3 heterocycles. The van der Waals surface area contributed by atoms with Crippen molar-refractivity contribution in [3.8, 4) is 0 Å². The summed E-state index contributed by atoms with van der Waals surface area (Å²) in [6, 6.07) is 5.43. The lowest BCUT2D eigenvalue weighted by atomic mass is 9.95. The van der Waals surface area contributed by atoms with Crippen LogP contribution in [0.2, 0.25) is 0 Å². The normalized spacial score (nSPS) is 21.9. The Morgan fingerprint density at radius 1 is 1.11 bits per heavy atom. The van der Waals surface area contributed by atoms with E-state index in [0.717, 1.165) is 18.9 Å². The molecule has 0 aromatic carbocycles. The molecule has 1 atom stereocenters. The number of piperidine rings is 1. The number of likely N-dealkylation sites (tertiary alicyclic amines) is 1. The van der Waals surface area contributed by atoms with E-state index in [9.17, 15) is 4.79 Å². The number of piperazine rings is 1. The number of nitrogens with zero attached hydrogens (tertiary/aromatic N) is 4. The predicted octanol–water partition coefficient (Wildman–Crippen LogP) is 4.07. The van der Waals surface area contributed by atoms with Gasteiger partial charge in [0.15, 0.2) is 0 Å². The highest BCUT2D eigenvalue weighted by Crippen LogP contribution is 2.32. The number of hydrogen-bond donors (Lipinski definition) is 0. The second-order valence-corrected chi connectivity index (χ2v) is 9.25. The molecule has 0 spiro atoms. The third kappa shape index (κ3) is 5.16. The zero-order valence-electron chi connectivity index (χ0n) is 18.1. The van der Waals surface area contributed by atoms with E-state index < -0.39 is 5.60 Å². The summed E-state index contributed by atoms with van der Waals surface area (Å²) >= 11 is 0. The molecule has 3 rings (SSSR count). The average molecular weight is 389 g/mol. The fourth-order valence-electron chi connectivity index (χ4n) is 4.16.